The molecule has 7 nitrogen and oxygen atoms in total. The van der Waals surface area contributed by atoms with Crippen molar-refractivity contribution in [3.8, 4) is 0 Å². The standard InChI is InChI=1S/C28H30Cl3N3O4S/c1-5-32-28(36)20(4)33(16-21-9-11-22(29)14-25(21)31)27(35)17-34(26-15-23(30)10-8-19(26)3)39(37,38)24-12-6-18(2)7-13-24/h6-15,20H,5,16-17H2,1-4H3,(H,32,36). The minimum Gasteiger partial charge on any atom is -0.355 e. The molecule has 0 saturated heterocycles. The number of amides is 2. The van der Waals surface area contributed by atoms with Crippen molar-refractivity contribution in [1.29, 1.82) is 0 Å². The molecule has 0 radical (unpaired) electrons. The van der Waals surface area contributed by atoms with Gasteiger partial charge in [-0.25, -0.2) is 8.42 Å². The van der Waals surface area contributed by atoms with Crippen LogP contribution in [0, 0.1) is 13.8 Å². The fourth-order valence-corrected chi connectivity index (χ4v) is 6.05. The lowest BCUT2D eigenvalue weighted by Gasteiger charge is -2.32. The number of benzene rings is 3. The van der Waals surface area contributed by atoms with E-state index in [9.17, 15) is 18.0 Å². The van der Waals surface area contributed by atoms with Crippen LogP contribution in [0.3, 0.4) is 0 Å². The highest BCUT2D eigenvalue weighted by molar-refractivity contribution is 7.92. The highest BCUT2D eigenvalue weighted by atomic mass is 35.5. The topological polar surface area (TPSA) is 86.8 Å². The van der Waals surface area contributed by atoms with Gasteiger partial charge in [0.2, 0.25) is 11.8 Å². The van der Waals surface area contributed by atoms with Gasteiger partial charge in [0, 0.05) is 28.2 Å². The van der Waals surface area contributed by atoms with Crippen molar-refractivity contribution in [2.24, 2.45) is 0 Å². The van der Waals surface area contributed by atoms with Gasteiger partial charge in [0.05, 0.1) is 10.6 Å². The zero-order valence-corrected chi connectivity index (χ0v) is 25.1. The molecule has 0 aliphatic heterocycles. The van der Waals surface area contributed by atoms with Gasteiger partial charge in [0.25, 0.3) is 10.0 Å². The van der Waals surface area contributed by atoms with Crippen molar-refractivity contribution in [2.45, 2.75) is 45.2 Å². The Balaban J connectivity index is 2.09. The molecular weight excluding hydrogens is 581 g/mol. The largest absolute Gasteiger partial charge is 0.355 e. The van der Waals surface area contributed by atoms with Gasteiger partial charge in [0.15, 0.2) is 0 Å². The van der Waals surface area contributed by atoms with Crippen LogP contribution >= 0.6 is 34.8 Å². The normalized spacial score (nSPS) is 12.1. The predicted molar refractivity (Wildman–Crippen MR) is 157 cm³/mol. The Morgan fingerprint density at radius 1 is 0.923 bits per heavy atom. The molecule has 3 aromatic rings. The molecule has 1 unspecified atom stereocenters. The molecule has 3 rings (SSSR count). The van der Waals surface area contributed by atoms with E-state index in [-0.39, 0.29) is 23.0 Å². The van der Waals surface area contributed by atoms with Crippen molar-refractivity contribution >= 4 is 62.3 Å². The third-order valence-corrected chi connectivity index (χ3v) is 8.80. The van der Waals surface area contributed by atoms with Crippen molar-refractivity contribution in [3.05, 3.63) is 92.4 Å². The molecule has 0 spiro atoms. The molecule has 0 aliphatic rings. The van der Waals surface area contributed by atoms with Gasteiger partial charge in [-0.3, -0.25) is 13.9 Å². The summed E-state index contributed by atoms with van der Waals surface area (Å²) >= 11 is 18.7. The third kappa shape index (κ3) is 7.45. The highest BCUT2D eigenvalue weighted by Crippen LogP contribution is 2.30. The van der Waals surface area contributed by atoms with Gasteiger partial charge < -0.3 is 10.2 Å². The minimum atomic E-state index is -4.20. The number of aryl methyl sites for hydroxylation is 2. The zero-order valence-electron chi connectivity index (χ0n) is 22.0. The minimum absolute atomic E-state index is 0.0179. The lowest BCUT2D eigenvalue weighted by atomic mass is 10.1. The molecule has 3 aromatic carbocycles. The van der Waals surface area contributed by atoms with E-state index in [1.807, 2.05) is 6.92 Å². The van der Waals surface area contributed by atoms with Crippen LogP contribution in [-0.2, 0) is 26.2 Å². The Bertz CT molecular complexity index is 1460. The van der Waals surface area contributed by atoms with Crippen LogP contribution in [0.4, 0.5) is 5.69 Å². The Labute approximate surface area is 244 Å². The monoisotopic (exact) mass is 609 g/mol. The molecule has 0 saturated carbocycles. The summed E-state index contributed by atoms with van der Waals surface area (Å²) in [7, 11) is -4.20. The number of hydrogen-bond acceptors (Lipinski definition) is 4. The Morgan fingerprint density at radius 3 is 2.15 bits per heavy atom. The van der Waals surface area contributed by atoms with Crippen LogP contribution in [-0.4, -0.2) is 44.3 Å². The summed E-state index contributed by atoms with van der Waals surface area (Å²) in [5, 5.41) is 3.77. The fraction of sp³-hybridized carbons (Fsp3) is 0.286. The van der Waals surface area contributed by atoms with E-state index in [0.29, 0.717) is 32.7 Å². The number of halogens is 3. The maximum atomic E-state index is 13.9. The van der Waals surface area contributed by atoms with Gasteiger partial charge >= 0.3 is 0 Å². The first-order valence-corrected chi connectivity index (χ1v) is 14.8. The van der Waals surface area contributed by atoms with E-state index in [1.165, 1.54) is 23.1 Å². The summed E-state index contributed by atoms with van der Waals surface area (Å²) in [5.41, 5.74) is 2.30. The average Bonchev–Trinajstić information content (AvgIpc) is 2.88. The van der Waals surface area contributed by atoms with Crippen LogP contribution < -0.4 is 9.62 Å². The molecule has 0 aliphatic carbocycles. The van der Waals surface area contributed by atoms with Crippen molar-refractivity contribution in [1.82, 2.24) is 10.2 Å². The van der Waals surface area contributed by atoms with Gasteiger partial charge in [-0.1, -0.05) is 64.6 Å². The summed E-state index contributed by atoms with van der Waals surface area (Å²) in [6.45, 7) is 6.67. The molecular formula is C28H30Cl3N3O4S. The van der Waals surface area contributed by atoms with Gasteiger partial charge in [-0.2, -0.15) is 0 Å². The molecule has 39 heavy (non-hydrogen) atoms. The highest BCUT2D eigenvalue weighted by Gasteiger charge is 2.33. The zero-order chi connectivity index (χ0) is 28.9. The van der Waals surface area contributed by atoms with Crippen LogP contribution in [0.25, 0.3) is 0 Å². The van der Waals surface area contributed by atoms with Gasteiger partial charge in [0.1, 0.15) is 12.6 Å². The Hall–Kier alpha value is -2.78. The Morgan fingerprint density at radius 2 is 1.54 bits per heavy atom. The smallest absolute Gasteiger partial charge is 0.264 e. The van der Waals surface area contributed by atoms with Crippen molar-refractivity contribution < 1.29 is 18.0 Å². The number of anilines is 1. The van der Waals surface area contributed by atoms with Gasteiger partial charge in [-0.05, 0) is 75.2 Å². The summed E-state index contributed by atoms with van der Waals surface area (Å²) in [5.74, 6) is -0.988. The number of sulfonamides is 1. The predicted octanol–water partition coefficient (Wildman–Crippen LogP) is 6.01. The van der Waals surface area contributed by atoms with Crippen LogP contribution in [0.15, 0.2) is 65.6 Å². The van der Waals surface area contributed by atoms with E-state index < -0.39 is 28.5 Å². The maximum absolute atomic E-state index is 13.9. The average molecular weight is 611 g/mol. The Kier molecular flexibility index (Phi) is 10.3. The molecule has 0 aromatic heterocycles. The molecule has 0 fully saturated rings. The second kappa shape index (κ2) is 13.0. The number of nitrogens with one attached hydrogen (secondary N) is 1. The molecule has 11 heteroatoms. The lowest BCUT2D eigenvalue weighted by molar-refractivity contribution is -0.139. The van der Waals surface area contributed by atoms with Crippen molar-refractivity contribution in [2.75, 3.05) is 17.4 Å². The molecule has 1 atom stereocenters. The second-order valence-electron chi connectivity index (χ2n) is 9.08. The van der Waals surface area contributed by atoms with E-state index in [1.54, 1.807) is 63.2 Å². The first-order valence-electron chi connectivity index (χ1n) is 12.2. The van der Waals surface area contributed by atoms with E-state index >= 15 is 0 Å². The lowest BCUT2D eigenvalue weighted by Crippen LogP contribution is -2.51. The molecule has 2 amide bonds. The fourth-order valence-electron chi connectivity index (χ4n) is 3.94. The molecule has 0 bridgehead atoms. The summed E-state index contributed by atoms with van der Waals surface area (Å²) < 4.78 is 28.9. The van der Waals surface area contributed by atoms with Crippen LogP contribution in [0.1, 0.15) is 30.5 Å². The molecule has 0 heterocycles. The number of likely N-dealkylation sites (N-methyl/N-ethyl adjacent to an activating group) is 1. The van der Waals surface area contributed by atoms with E-state index in [2.05, 4.69) is 5.32 Å². The molecule has 1 N–H and O–H groups in total. The number of rotatable bonds is 10. The second-order valence-corrected chi connectivity index (χ2v) is 12.2. The quantitative estimate of drug-likeness (QED) is 0.305. The maximum Gasteiger partial charge on any atom is 0.264 e. The first-order chi connectivity index (χ1) is 18.3. The number of carbonyl (C=O) groups excluding carboxylic acids is 2. The van der Waals surface area contributed by atoms with Crippen LogP contribution in [0.2, 0.25) is 15.1 Å². The van der Waals surface area contributed by atoms with Gasteiger partial charge in [-0.15, -0.1) is 0 Å². The van der Waals surface area contributed by atoms with Crippen LogP contribution in [0.5, 0.6) is 0 Å². The number of carbonyl (C=O) groups is 2. The van der Waals surface area contributed by atoms with Crippen molar-refractivity contribution in [3.63, 3.8) is 0 Å². The summed E-state index contributed by atoms with van der Waals surface area (Å²) in [6.07, 6.45) is 0. The molecule has 208 valence electrons. The number of hydrogen-bond donors (Lipinski definition) is 1. The summed E-state index contributed by atoms with van der Waals surface area (Å²) in [6, 6.07) is 15.1. The first kappa shape index (κ1) is 30.8. The third-order valence-electron chi connectivity index (χ3n) is 6.20. The van der Waals surface area contributed by atoms with E-state index in [0.717, 1.165) is 9.87 Å². The number of nitrogens with zero attached hydrogens (tertiary/aromatic N) is 2. The summed E-state index contributed by atoms with van der Waals surface area (Å²) in [4.78, 5) is 28.1. The van der Waals surface area contributed by atoms with E-state index in [4.69, 9.17) is 34.8 Å². The SMILES string of the molecule is CCNC(=O)C(C)N(Cc1ccc(Cl)cc1Cl)C(=O)CN(c1cc(Cl)ccc1C)S(=O)(=O)c1ccc(C)cc1.